The molecule has 2 atom stereocenters. The van der Waals surface area contributed by atoms with Crippen LogP contribution in [0.1, 0.15) is 25.1 Å². The van der Waals surface area contributed by atoms with Gasteiger partial charge in [-0.1, -0.05) is 17.8 Å². The van der Waals surface area contributed by atoms with Gasteiger partial charge in [-0.2, -0.15) is 0 Å². The number of rotatable bonds is 8. The maximum absolute atomic E-state index is 12.5. The van der Waals surface area contributed by atoms with Gasteiger partial charge in [0.15, 0.2) is 15.0 Å². The highest BCUT2D eigenvalue weighted by atomic mass is 32.2. The van der Waals surface area contributed by atoms with E-state index in [2.05, 4.69) is 26.8 Å². The molecule has 1 aromatic heterocycles. The summed E-state index contributed by atoms with van der Waals surface area (Å²) in [5, 5.41) is 10.7. The lowest BCUT2D eigenvalue weighted by Crippen LogP contribution is -2.23. The summed E-state index contributed by atoms with van der Waals surface area (Å²) in [6, 6.07) is 4.80. The molecule has 13 heteroatoms. The average molecular weight is 491 g/mol. The van der Waals surface area contributed by atoms with Gasteiger partial charge in [-0.05, 0) is 37.6 Å². The van der Waals surface area contributed by atoms with Crippen LogP contribution in [0.5, 0.6) is 5.75 Å². The summed E-state index contributed by atoms with van der Waals surface area (Å²) in [6.07, 6.45) is -2.69. The summed E-state index contributed by atoms with van der Waals surface area (Å²) in [4.78, 5) is 12.5. The Bertz CT molecular complexity index is 1080. The number of carbonyl (C=O) groups is 1. The molecule has 0 unspecified atom stereocenters. The molecular formula is C19H21F3N4O4S2. The van der Waals surface area contributed by atoms with Crippen LogP contribution in [0.3, 0.4) is 0 Å². The van der Waals surface area contributed by atoms with Crippen molar-refractivity contribution in [3.63, 3.8) is 0 Å². The van der Waals surface area contributed by atoms with Crippen molar-refractivity contribution in [2.24, 2.45) is 0 Å². The Balaban J connectivity index is 1.66. The topological polar surface area (TPSA) is 103 Å². The first-order chi connectivity index (χ1) is 15.0. The zero-order valence-electron chi connectivity index (χ0n) is 17.0. The van der Waals surface area contributed by atoms with Crippen molar-refractivity contribution < 1.29 is 31.1 Å². The molecule has 0 radical (unpaired) electrons. The highest BCUT2D eigenvalue weighted by Gasteiger charge is 2.34. The number of ether oxygens (including phenoxy) is 1. The second kappa shape index (κ2) is 9.53. The van der Waals surface area contributed by atoms with E-state index in [-0.39, 0.29) is 17.4 Å². The van der Waals surface area contributed by atoms with Crippen molar-refractivity contribution >= 4 is 33.2 Å². The third-order valence-corrected chi connectivity index (χ3v) is 7.51. The van der Waals surface area contributed by atoms with Crippen molar-refractivity contribution in [3.8, 4) is 5.75 Å². The van der Waals surface area contributed by atoms with Crippen molar-refractivity contribution in [3.05, 3.63) is 42.7 Å². The minimum Gasteiger partial charge on any atom is -0.406 e. The molecule has 1 aliphatic rings. The molecule has 0 aliphatic carbocycles. The Kier molecular flexibility index (Phi) is 7.18. The van der Waals surface area contributed by atoms with Crippen LogP contribution in [-0.2, 0) is 21.2 Å². The average Bonchev–Trinajstić information content (AvgIpc) is 3.25. The molecule has 1 aromatic carbocycles. The lowest BCUT2D eigenvalue weighted by atomic mass is 10.1. The minimum atomic E-state index is -4.79. The summed E-state index contributed by atoms with van der Waals surface area (Å²) in [6.45, 7) is 5.71. The third-order valence-electron chi connectivity index (χ3n) is 4.66. The Morgan fingerprint density at radius 3 is 2.62 bits per heavy atom. The van der Waals surface area contributed by atoms with Gasteiger partial charge in [0.2, 0.25) is 5.91 Å². The van der Waals surface area contributed by atoms with Gasteiger partial charge >= 0.3 is 6.36 Å². The summed E-state index contributed by atoms with van der Waals surface area (Å²) in [5.41, 5.74) is 0.307. The molecule has 1 N–H and O–H groups in total. The molecule has 8 nitrogen and oxygen atoms in total. The van der Waals surface area contributed by atoms with Gasteiger partial charge in [0.25, 0.3) is 0 Å². The summed E-state index contributed by atoms with van der Waals surface area (Å²) in [5.74, 6) is -0.386. The Morgan fingerprint density at radius 2 is 2.06 bits per heavy atom. The fraction of sp³-hybridized carbons (Fsp3) is 0.421. The Labute approximate surface area is 187 Å². The van der Waals surface area contributed by atoms with Gasteiger partial charge in [-0.25, -0.2) is 8.42 Å². The SMILES string of the molecule is C=CCn1c(S[C@H](C)C(=O)Nc2ccc(OC(F)(F)F)cc2)nnc1[C@H]1CCS(=O)(=O)C1. The van der Waals surface area contributed by atoms with E-state index in [0.717, 1.165) is 23.9 Å². The number of nitrogens with one attached hydrogen (secondary N) is 1. The fourth-order valence-electron chi connectivity index (χ4n) is 3.18. The third kappa shape index (κ3) is 6.25. The fourth-order valence-corrected chi connectivity index (χ4v) is 5.79. The zero-order valence-corrected chi connectivity index (χ0v) is 18.6. The van der Waals surface area contributed by atoms with Gasteiger partial charge in [-0.15, -0.1) is 29.9 Å². The number of allylic oxidation sites excluding steroid dienone is 1. The maximum Gasteiger partial charge on any atom is 0.573 e. The largest absolute Gasteiger partial charge is 0.573 e. The van der Waals surface area contributed by atoms with Gasteiger partial charge in [0.05, 0.1) is 16.8 Å². The number of hydrogen-bond acceptors (Lipinski definition) is 7. The Morgan fingerprint density at radius 1 is 1.38 bits per heavy atom. The lowest BCUT2D eigenvalue weighted by molar-refractivity contribution is -0.274. The number of nitrogens with zero attached hydrogens (tertiary/aromatic N) is 3. The van der Waals surface area contributed by atoms with Crippen molar-refractivity contribution in [1.29, 1.82) is 0 Å². The van der Waals surface area contributed by atoms with E-state index in [1.807, 2.05) is 0 Å². The first-order valence-corrected chi connectivity index (χ1v) is 12.3. The number of sulfone groups is 1. The van der Waals surface area contributed by atoms with Crippen LogP contribution >= 0.6 is 11.8 Å². The molecule has 1 saturated heterocycles. The summed E-state index contributed by atoms with van der Waals surface area (Å²) < 4.78 is 65.9. The highest BCUT2D eigenvalue weighted by molar-refractivity contribution is 8.00. The number of hydrogen-bond donors (Lipinski definition) is 1. The van der Waals surface area contributed by atoms with Crippen molar-refractivity contribution in [1.82, 2.24) is 14.8 Å². The van der Waals surface area contributed by atoms with E-state index in [0.29, 0.717) is 29.6 Å². The molecule has 174 valence electrons. The molecule has 0 spiro atoms. The van der Waals surface area contributed by atoms with E-state index in [4.69, 9.17) is 0 Å². The summed E-state index contributed by atoms with van der Waals surface area (Å²) >= 11 is 1.13. The summed E-state index contributed by atoms with van der Waals surface area (Å²) in [7, 11) is -3.10. The van der Waals surface area contributed by atoms with Gasteiger partial charge in [-0.3, -0.25) is 4.79 Å². The monoisotopic (exact) mass is 490 g/mol. The molecule has 0 saturated carbocycles. The maximum atomic E-state index is 12.5. The normalized spacial score (nSPS) is 18.8. The number of benzene rings is 1. The molecule has 3 rings (SSSR count). The molecule has 32 heavy (non-hydrogen) atoms. The first-order valence-electron chi connectivity index (χ1n) is 9.55. The molecule has 2 heterocycles. The van der Waals surface area contributed by atoms with Crippen LogP contribution in [0.15, 0.2) is 42.1 Å². The zero-order chi connectivity index (χ0) is 23.5. The van der Waals surface area contributed by atoms with E-state index < -0.39 is 33.1 Å². The highest BCUT2D eigenvalue weighted by Crippen LogP contribution is 2.31. The van der Waals surface area contributed by atoms with Gasteiger partial charge in [0, 0.05) is 18.2 Å². The van der Waals surface area contributed by atoms with E-state index in [1.54, 1.807) is 17.6 Å². The van der Waals surface area contributed by atoms with Crippen LogP contribution in [0, 0.1) is 0 Å². The van der Waals surface area contributed by atoms with Crippen LogP contribution < -0.4 is 10.1 Å². The number of amides is 1. The van der Waals surface area contributed by atoms with Crippen LogP contribution in [-0.4, -0.2) is 52.2 Å². The number of halogens is 3. The number of thioether (sulfide) groups is 1. The number of aromatic nitrogens is 3. The molecule has 2 aromatic rings. The number of anilines is 1. The molecular weight excluding hydrogens is 469 g/mol. The quantitative estimate of drug-likeness (QED) is 0.447. The van der Waals surface area contributed by atoms with Crippen molar-refractivity contribution in [2.75, 3.05) is 16.8 Å². The van der Waals surface area contributed by atoms with Crippen LogP contribution in [0.2, 0.25) is 0 Å². The van der Waals surface area contributed by atoms with Crippen LogP contribution in [0.25, 0.3) is 0 Å². The molecule has 1 amide bonds. The minimum absolute atomic E-state index is 0.0109. The Hall–Kier alpha value is -2.54. The molecule has 0 bridgehead atoms. The predicted octanol–water partition coefficient (Wildman–Crippen LogP) is 3.38. The lowest BCUT2D eigenvalue weighted by Gasteiger charge is -2.14. The van der Waals surface area contributed by atoms with Gasteiger partial charge < -0.3 is 14.6 Å². The van der Waals surface area contributed by atoms with Gasteiger partial charge in [0.1, 0.15) is 11.6 Å². The smallest absolute Gasteiger partial charge is 0.406 e. The standard InChI is InChI=1S/C19H21F3N4O4S2/c1-3-9-26-16(13-8-10-32(28,29)11-13)24-25-18(26)31-12(2)17(27)23-14-4-6-15(7-5-14)30-19(20,21)22/h3-7,12-13H,1,8-11H2,2H3,(H,23,27)/t12-,13+/m1/s1. The number of alkyl halides is 3. The van der Waals surface area contributed by atoms with Crippen LogP contribution in [0.4, 0.5) is 18.9 Å². The second-order valence-corrected chi connectivity index (χ2v) is 10.7. The second-order valence-electron chi connectivity index (χ2n) is 7.16. The van der Waals surface area contributed by atoms with Crippen molar-refractivity contribution in [2.45, 2.75) is 42.6 Å². The number of carbonyl (C=O) groups excluding carboxylic acids is 1. The molecule has 1 aliphatic heterocycles. The van der Waals surface area contributed by atoms with E-state index in [9.17, 15) is 26.4 Å². The first kappa shape index (κ1) is 24.1. The van der Waals surface area contributed by atoms with E-state index >= 15 is 0 Å². The van der Waals surface area contributed by atoms with E-state index in [1.165, 1.54) is 12.1 Å². The molecule has 1 fully saturated rings. The predicted molar refractivity (Wildman–Crippen MR) is 113 cm³/mol.